The molecule has 1 aliphatic carbocycles. The van der Waals surface area contributed by atoms with Crippen LogP contribution in [0.3, 0.4) is 0 Å². The first-order chi connectivity index (χ1) is 9.15. The minimum absolute atomic E-state index is 0.298. The lowest BCUT2D eigenvalue weighted by molar-refractivity contribution is -0.117. The fourth-order valence-corrected chi connectivity index (χ4v) is 2.81. The zero-order valence-electron chi connectivity index (χ0n) is 12.2. The van der Waals surface area contributed by atoms with Crippen molar-refractivity contribution in [3.8, 4) is 0 Å². The van der Waals surface area contributed by atoms with E-state index in [1.807, 2.05) is 0 Å². The first kappa shape index (κ1) is 14.3. The van der Waals surface area contributed by atoms with Crippen molar-refractivity contribution in [1.82, 2.24) is 4.90 Å². The SMILES string of the molecule is CC(=O)CCCN(C)CCc1ccc2c(c1)CCC2. The second-order valence-electron chi connectivity index (χ2n) is 5.82. The smallest absolute Gasteiger partial charge is 0.129 e. The summed E-state index contributed by atoms with van der Waals surface area (Å²) in [4.78, 5) is 13.2. The Morgan fingerprint density at radius 1 is 1.21 bits per heavy atom. The number of hydrogen-bond donors (Lipinski definition) is 0. The summed E-state index contributed by atoms with van der Waals surface area (Å²) >= 11 is 0. The molecule has 0 radical (unpaired) electrons. The lowest BCUT2D eigenvalue weighted by Crippen LogP contribution is -2.22. The minimum atomic E-state index is 0.298. The molecule has 2 heteroatoms. The summed E-state index contributed by atoms with van der Waals surface area (Å²) in [7, 11) is 2.15. The molecule has 0 saturated carbocycles. The Kier molecular flexibility index (Phi) is 5.15. The van der Waals surface area contributed by atoms with Crippen molar-refractivity contribution in [2.24, 2.45) is 0 Å². The Hall–Kier alpha value is -1.15. The molecule has 0 aromatic heterocycles. The Bertz CT molecular complexity index is 439. The Morgan fingerprint density at radius 3 is 2.79 bits per heavy atom. The quantitative estimate of drug-likeness (QED) is 0.750. The molecule has 1 aliphatic rings. The third-order valence-electron chi connectivity index (χ3n) is 4.01. The number of ketones is 1. The van der Waals surface area contributed by atoms with Crippen molar-refractivity contribution in [2.45, 2.75) is 45.4 Å². The molecule has 0 spiro atoms. The van der Waals surface area contributed by atoms with E-state index in [-0.39, 0.29) is 0 Å². The van der Waals surface area contributed by atoms with E-state index in [4.69, 9.17) is 0 Å². The van der Waals surface area contributed by atoms with Gasteiger partial charge in [0, 0.05) is 13.0 Å². The molecule has 0 unspecified atom stereocenters. The molecule has 0 fully saturated rings. The molecular weight excluding hydrogens is 234 g/mol. The standard InChI is InChI=1S/C17H25NO/c1-14(19)5-4-11-18(2)12-10-15-8-9-16-6-3-7-17(16)13-15/h8-9,13H,3-7,10-12H2,1-2H3. The first-order valence-electron chi connectivity index (χ1n) is 7.44. The second kappa shape index (κ2) is 6.85. The summed E-state index contributed by atoms with van der Waals surface area (Å²) in [5.74, 6) is 0.298. The van der Waals surface area contributed by atoms with Crippen LogP contribution in [0, 0.1) is 0 Å². The Labute approximate surface area is 116 Å². The van der Waals surface area contributed by atoms with Crippen LogP contribution in [-0.2, 0) is 24.1 Å². The highest BCUT2D eigenvalue weighted by atomic mass is 16.1. The number of carbonyl (C=O) groups is 1. The number of nitrogens with zero attached hydrogens (tertiary/aromatic N) is 1. The fourth-order valence-electron chi connectivity index (χ4n) is 2.81. The van der Waals surface area contributed by atoms with Gasteiger partial charge in [0.25, 0.3) is 0 Å². The van der Waals surface area contributed by atoms with E-state index in [0.717, 1.165) is 25.9 Å². The summed E-state index contributed by atoms with van der Waals surface area (Å²) < 4.78 is 0. The van der Waals surface area contributed by atoms with Gasteiger partial charge in [0.15, 0.2) is 0 Å². The highest BCUT2D eigenvalue weighted by Crippen LogP contribution is 2.23. The first-order valence-corrected chi connectivity index (χ1v) is 7.44. The van der Waals surface area contributed by atoms with Crippen LogP contribution >= 0.6 is 0 Å². The molecule has 0 atom stereocenters. The number of carbonyl (C=O) groups excluding carboxylic acids is 1. The summed E-state index contributed by atoms with van der Waals surface area (Å²) in [6.07, 6.45) is 6.66. The molecular formula is C17H25NO. The molecule has 19 heavy (non-hydrogen) atoms. The van der Waals surface area contributed by atoms with Gasteiger partial charge in [-0.3, -0.25) is 0 Å². The summed E-state index contributed by atoms with van der Waals surface area (Å²) in [5, 5.41) is 0. The van der Waals surface area contributed by atoms with Crippen molar-refractivity contribution < 1.29 is 4.79 Å². The second-order valence-corrected chi connectivity index (χ2v) is 5.82. The maximum absolute atomic E-state index is 10.9. The van der Waals surface area contributed by atoms with Crippen LogP contribution in [0.1, 0.15) is 42.9 Å². The molecule has 0 bridgehead atoms. The van der Waals surface area contributed by atoms with Crippen LogP contribution < -0.4 is 0 Å². The number of fused-ring (bicyclic) bond motifs is 1. The van der Waals surface area contributed by atoms with Crippen molar-refractivity contribution in [3.05, 3.63) is 34.9 Å². The van der Waals surface area contributed by atoms with E-state index in [1.54, 1.807) is 18.1 Å². The predicted octanol–water partition coefficient (Wildman–Crippen LogP) is 3.02. The van der Waals surface area contributed by atoms with Gasteiger partial charge < -0.3 is 9.69 Å². The van der Waals surface area contributed by atoms with Gasteiger partial charge in [0.1, 0.15) is 5.78 Å². The molecule has 0 N–H and O–H groups in total. The third-order valence-corrected chi connectivity index (χ3v) is 4.01. The summed E-state index contributed by atoms with van der Waals surface area (Å²) in [6, 6.07) is 6.99. The fraction of sp³-hybridized carbons (Fsp3) is 0.588. The summed E-state index contributed by atoms with van der Waals surface area (Å²) in [6.45, 7) is 3.77. The zero-order valence-corrected chi connectivity index (χ0v) is 12.2. The topological polar surface area (TPSA) is 20.3 Å². The van der Waals surface area contributed by atoms with Gasteiger partial charge in [-0.1, -0.05) is 18.2 Å². The average molecular weight is 259 g/mol. The third kappa shape index (κ3) is 4.46. The van der Waals surface area contributed by atoms with Gasteiger partial charge in [0.05, 0.1) is 0 Å². The lowest BCUT2D eigenvalue weighted by atomic mass is 10.0. The van der Waals surface area contributed by atoms with Gasteiger partial charge >= 0.3 is 0 Å². The van der Waals surface area contributed by atoms with Crippen molar-refractivity contribution in [2.75, 3.05) is 20.1 Å². The largest absolute Gasteiger partial charge is 0.306 e. The molecule has 104 valence electrons. The molecule has 0 heterocycles. The predicted molar refractivity (Wildman–Crippen MR) is 79.6 cm³/mol. The van der Waals surface area contributed by atoms with Gasteiger partial charge in [-0.05, 0) is 69.3 Å². The van der Waals surface area contributed by atoms with Gasteiger partial charge in [-0.2, -0.15) is 0 Å². The van der Waals surface area contributed by atoms with E-state index in [0.29, 0.717) is 12.2 Å². The van der Waals surface area contributed by atoms with E-state index < -0.39 is 0 Å². The lowest BCUT2D eigenvalue weighted by Gasteiger charge is -2.16. The number of benzene rings is 1. The van der Waals surface area contributed by atoms with Crippen LogP contribution in [0.25, 0.3) is 0 Å². The molecule has 0 aliphatic heterocycles. The number of likely N-dealkylation sites (N-methyl/N-ethyl adjacent to an activating group) is 1. The number of Topliss-reactive ketones (excluding diaryl/α,β-unsaturated/α-hetero) is 1. The van der Waals surface area contributed by atoms with Crippen LogP contribution in [0.5, 0.6) is 0 Å². The van der Waals surface area contributed by atoms with Crippen molar-refractivity contribution in [3.63, 3.8) is 0 Å². The Balaban J connectivity index is 1.74. The normalized spacial score (nSPS) is 13.8. The van der Waals surface area contributed by atoms with Crippen LogP contribution in [0.15, 0.2) is 18.2 Å². The number of rotatable bonds is 7. The van der Waals surface area contributed by atoms with Gasteiger partial charge in [-0.15, -0.1) is 0 Å². The van der Waals surface area contributed by atoms with E-state index >= 15 is 0 Å². The van der Waals surface area contributed by atoms with Gasteiger partial charge in [0.2, 0.25) is 0 Å². The van der Waals surface area contributed by atoms with E-state index in [9.17, 15) is 4.79 Å². The van der Waals surface area contributed by atoms with Gasteiger partial charge in [-0.25, -0.2) is 0 Å². The van der Waals surface area contributed by atoms with E-state index in [2.05, 4.69) is 30.1 Å². The average Bonchev–Trinajstić information content (AvgIpc) is 2.83. The van der Waals surface area contributed by atoms with E-state index in [1.165, 1.54) is 24.8 Å². The molecule has 1 aromatic carbocycles. The van der Waals surface area contributed by atoms with Crippen LogP contribution in [0.4, 0.5) is 0 Å². The monoisotopic (exact) mass is 259 g/mol. The Morgan fingerprint density at radius 2 is 2.00 bits per heavy atom. The van der Waals surface area contributed by atoms with Crippen LogP contribution in [-0.4, -0.2) is 30.8 Å². The van der Waals surface area contributed by atoms with Crippen molar-refractivity contribution >= 4 is 5.78 Å². The molecule has 2 rings (SSSR count). The minimum Gasteiger partial charge on any atom is -0.306 e. The van der Waals surface area contributed by atoms with Crippen molar-refractivity contribution in [1.29, 1.82) is 0 Å². The molecule has 1 aromatic rings. The molecule has 0 amide bonds. The molecule has 2 nitrogen and oxygen atoms in total. The maximum atomic E-state index is 10.9. The number of hydrogen-bond acceptors (Lipinski definition) is 2. The molecule has 0 saturated heterocycles. The highest BCUT2D eigenvalue weighted by Gasteiger charge is 2.10. The zero-order chi connectivity index (χ0) is 13.7. The maximum Gasteiger partial charge on any atom is 0.129 e. The van der Waals surface area contributed by atoms with Crippen LogP contribution in [0.2, 0.25) is 0 Å². The highest BCUT2D eigenvalue weighted by molar-refractivity contribution is 5.75. The summed E-state index contributed by atoms with van der Waals surface area (Å²) in [5.41, 5.74) is 4.58. The number of aryl methyl sites for hydroxylation is 2.